The summed E-state index contributed by atoms with van der Waals surface area (Å²) in [6.45, 7) is 1.87. The number of benzene rings is 3. The van der Waals surface area contributed by atoms with Gasteiger partial charge in [0.15, 0.2) is 0 Å². The SMILES string of the molecule is COc1ccc2cc(/C(C)=N\NC(=O)c3ccccc3)ccc2c1. The second-order valence-corrected chi connectivity index (χ2v) is 5.43. The third-order valence-corrected chi connectivity index (χ3v) is 3.83. The van der Waals surface area contributed by atoms with E-state index in [1.165, 1.54) is 0 Å². The van der Waals surface area contributed by atoms with Gasteiger partial charge in [-0.15, -0.1) is 0 Å². The van der Waals surface area contributed by atoms with E-state index in [4.69, 9.17) is 4.74 Å². The van der Waals surface area contributed by atoms with Crippen LogP contribution in [0.4, 0.5) is 0 Å². The average molecular weight is 318 g/mol. The third-order valence-electron chi connectivity index (χ3n) is 3.83. The molecular weight excluding hydrogens is 300 g/mol. The summed E-state index contributed by atoms with van der Waals surface area (Å²) < 4.78 is 5.24. The molecule has 0 bridgehead atoms. The number of hydrogen-bond acceptors (Lipinski definition) is 3. The molecule has 3 aromatic rings. The van der Waals surface area contributed by atoms with Crippen molar-refractivity contribution in [2.75, 3.05) is 7.11 Å². The number of hydrazone groups is 1. The molecule has 0 heterocycles. The van der Waals surface area contributed by atoms with Crippen LogP contribution in [0.5, 0.6) is 5.75 Å². The summed E-state index contributed by atoms with van der Waals surface area (Å²) in [6.07, 6.45) is 0. The van der Waals surface area contributed by atoms with Crippen LogP contribution in [0.15, 0.2) is 71.8 Å². The van der Waals surface area contributed by atoms with Crippen LogP contribution in [0.3, 0.4) is 0 Å². The molecule has 4 heteroatoms. The van der Waals surface area contributed by atoms with Gasteiger partial charge in [-0.1, -0.05) is 36.4 Å². The molecule has 0 unspecified atom stereocenters. The quantitative estimate of drug-likeness (QED) is 0.584. The molecule has 0 saturated heterocycles. The third kappa shape index (κ3) is 3.43. The maximum absolute atomic E-state index is 12.0. The van der Waals surface area contributed by atoms with E-state index in [0.29, 0.717) is 5.56 Å². The fourth-order valence-electron chi connectivity index (χ4n) is 2.43. The van der Waals surface area contributed by atoms with Gasteiger partial charge in [-0.3, -0.25) is 4.79 Å². The van der Waals surface area contributed by atoms with Crippen molar-refractivity contribution in [2.24, 2.45) is 5.10 Å². The minimum atomic E-state index is -0.222. The van der Waals surface area contributed by atoms with Crippen LogP contribution in [0.1, 0.15) is 22.8 Å². The normalized spacial score (nSPS) is 11.3. The zero-order valence-corrected chi connectivity index (χ0v) is 13.6. The van der Waals surface area contributed by atoms with Crippen molar-refractivity contribution in [1.29, 1.82) is 0 Å². The van der Waals surface area contributed by atoms with Gasteiger partial charge >= 0.3 is 0 Å². The van der Waals surface area contributed by atoms with Gasteiger partial charge in [-0.2, -0.15) is 5.10 Å². The van der Waals surface area contributed by atoms with Crippen molar-refractivity contribution in [3.05, 3.63) is 77.9 Å². The Hall–Kier alpha value is -3.14. The Balaban J connectivity index is 1.80. The Labute approximate surface area is 140 Å². The Morgan fingerprint density at radius 2 is 1.62 bits per heavy atom. The molecule has 4 nitrogen and oxygen atoms in total. The van der Waals surface area contributed by atoms with Gasteiger partial charge in [0.2, 0.25) is 0 Å². The maximum Gasteiger partial charge on any atom is 0.271 e. The molecule has 0 aliphatic heterocycles. The van der Waals surface area contributed by atoms with E-state index < -0.39 is 0 Å². The Morgan fingerprint density at radius 3 is 2.38 bits per heavy atom. The number of carbonyl (C=O) groups is 1. The summed E-state index contributed by atoms with van der Waals surface area (Å²) in [5.74, 6) is 0.608. The molecule has 3 aromatic carbocycles. The number of nitrogens with zero attached hydrogens (tertiary/aromatic N) is 1. The molecule has 120 valence electrons. The number of methoxy groups -OCH3 is 1. The lowest BCUT2D eigenvalue weighted by atomic mass is 10.0. The van der Waals surface area contributed by atoms with Crippen molar-refractivity contribution in [3.63, 3.8) is 0 Å². The largest absolute Gasteiger partial charge is 0.497 e. The lowest BCUT2D eigenvalue weighted by Gasteiger charge is -2.06. The van der Waals surface area contributed by atoms with Gasteiger partial charge in [0.25, 0.3) is 5.91 Å². The molecule has 24 heavy (non-hydrogen) atoms. The first-order valence-electron chi connectivity index (χ1n) is 7.65. The van der Waals surface area contributed by atoms with Crippen molar-refractivity contribution >= 4 is 22.4 Å². The topological polar surface area (TPSA) is 50.7 Å². The van der Waals surface area contributed by atoms with E-state index in [0.717, 1.165) is 27.8 Å². The van der Waals surface area contributed by atoms with E-state index in [1.54, 1.807) is 19.2 Å². The van der Waals surface area contributed by atoms with E-state index in [2.05, 4.69) is 10.5 Å². The fraction of sp³-hybridized carbons (Fsp3) is 0.100. The standard InChI is InChI=1S/C20H18N2O2/c1-14(21-22-20(23)15-6-4-3-5-7-15)16-8-9-18-13-19(24-2)11-10-17(18)12-16/h3-13H,1-2H3,(H,22,23)/b21-14-. The van der Waals surface area contributed by atoms with E-state index in [-0.39, 0.29) is 5.91 Å². The van der Waals surface area contributed by atoms with Crippen molar-refractivity contribution in [1.82, 2.24) is 5.43 Å². The fourth-order valence-corrected chi connectivity index (χ4v) is 2.43. The van der Waals surface area contributed by atoms with Gasteiger partial charge in [-0.05, 0) is 53.6 Å². The molecule has 0 aromatic heterocycles. The van der Waals surface area contributed by atoms with Gasteiger partial charge in [0, 0.05) is 5.56 Å². The zero-order valence-electron chi connectivity index (χ0n) is 13.6. The van der Waals surface area contributed by atoms with Gasteiger partial charge < -0.3 is 4.74 Å². The van der Waals surface area contributed by atoms with E-state index >= 15 is 0 Å². The number of rotatable bonds is 4. The predicted octanol–water partition coefficient (Wildman–Crippen LogP) is 4.00. The minimum absolute atomic E-state index is 0.222. The van der Waals surface area contributed by atoms with Gasteiger partial charge in [0.1, 0.15) is 5.75 Å². The Bertz CT molecular complexity index is 902. The molecule has 1 amide bonds. The highest BCUT2D eigenvalue weighted by atomic mass is 16.5. The van der Waals surface area contributed by atoms with Crippen molar-refractivity contribution in [3.8, 4) is 5.75 Å². The summed E-state index contributed by atoms with van der Waals surface area (Å²) in [5.41, 5.74) is 4.88. The highest BCUT2D eigenvalue weighted by Crippen LogP contribution is 2.22. The Kier molecular flexibility index (Phi) is 4.57. The first kappa shape index (κ1) is 15.7. The molecule has 0 radical (unpaired) electrons. The Morgan fingerprint density at radius 1 is 0.917 bits per heavy atom. The van der Waals surface area contributed by atoms with Crippen LogP contribution < -0.4 is 10.2 Å². The monoisotopic (exact) mass is 318 g/mol. The van der Waals surface area contributed by atoms with Gasteiger partial charge in [0.05, 0.1) is 12.8 Å². The van der Waals surface area contributed by atoms with Crippen LogP contribution in [-0.4, -0.2) is 18.7 Å². The molecule has 1 N–H and O–H groups in total. The summed E-state index contributed by atoms with van der Waals surface area (Å²) in [7, 11) is 1.65. The second kappa shape index (κ2) is 6.96. The minimum Gasteiger partial charge on any atom is -0.497 e. The molecule has 0 fully saturated rings. The number of carbonyl (C=O) groups excluding carboxylic acids is 1. The zero-order chi connectivity index (χ0) is 16.9. The summed E-state index contributed by atoms with van der Waals surface area (Å²) in [6, 6.07) is 21.0. The van der Waals surface area contributed by atoms with Crippen molar-refractivity contribution in [2.45, 2.75) is 6.92 Å². The molecular formula is C20H18N2O2. The lowest BCUT2D eigenvalue weighted by Crippen LogP contribution is -2.19. The molecule has 0 aliphatic carbocycles. The molecule has 3 rings (SSSR count). The first-order valence-corrected chi connectivity index (χ1v) is 7.65. The van der Waals surface area contributed by atoms with Crippen LogP contribution in [0.2, 0.25) is 0 Å². The molecule has 0 saturated carbocycles. The van der Waals surface area contributed by atoms with Crippen molar-refractivity contribution < 1.29 is 9.53 Å². The number of hydrogen-bond donors (Lipinski definition) is 1. The lowest BCUT2D eigenvalue weighted by molar-refractivity contribution is 0.0955. The van der Waals surface area contributed by atoms with Crippen LogP contribution in [0, 0.1) is 0 Å². The number of ether oxygens (including phenoxy) is 1. The molecule has 0 atom stereocenters. The van der Waals surface area contributed by atoms with Crippen LogP contribution in [0.25, 0.3) is 10.8 Å². The van der Waals surface area contributed by atoms with Crippen LogP contribution >= 0.6 is 0 Å². The highest BCUT2D eigenvalue weighted by molar-refractivity contribution is 6.03. The van der Waals surface area contributed by atoms with Crippen LogP contribution in [-0.2, 0) is 0 Å². The first-order chi connectivity index (χ1) is 11.7. The average Bonchev–Trinajstić information content (AvgIpc) is 2.65. The number of amides is 1. The number of nitrogens with one attached hydrogen (secondary N) is 1. The summed E-state index contributed by atoms with van der Waals surface area (Å²) in [5, 5.41) is 6.39. The maximum atomic E-state index is 12.0. The summed E-state index contributed by atoms with van der Waals surface area (Å²) >= 11 is 0. The summed E-state index contributed by atoms with van der Waals surface area (Å²) in [4.78, 5) is 12.0. The predicted molar refractivity (Wildman–Crippen MR) is 96.6 cm³/mol. The highest BCUT2D eigenvalue weighted by Gasteiger charge is 2.05. The molecule has 0 spiro atoms. The number of fused-ring (bicyclic) bond motifs is 1. The van der Waals surface area contributed by atoms with Gasteiger partial charge in [-0.25, -0.2) is 5.43 Å². The van der Waals surface area contributed by atoms with E-state index in [9.17, 15) is 4.79 Å². The second-order valence-electron chi connectivity index (χ2n) is 5.43. The molecule has 0 aliphatic rings. The smallest absolute Gasteiger partial charge is 0.271 e. The van der Waals surface area contributed by atoms with E-state index in [1.807, 2.05) is 61.5 Å².